The molecule has 0 aliphatic rings. The molecule has 0 bridgehead atoms. The molecule has 1 N–H and O–H groups in total. The number of methoxy groups -OCH3 is 1. The molecular weight excluding hydrogens is 380 g/mol. The topological polar surface area (TPSA) is 67.9 Å². The molecule has 30 heavy (non-hydrogen) atoms. The first kappa shape index (κ1) is 23.3. The molecule has 6 nitrogen and oxygen atoms in total. The van der Waals surface area contributed by atoms with Gasteiger partial charge in [-0.15, -0.1) is 0 Å². The number of hydrogen-bond acceptors (Lipinski definition) is 4. The van der Waals surface area contributed by atoms with Crippen molar-refractivity contribution in [2.75, 3.05) is 13.7 Å². The number of para-hydroxylation sites is 2. The number of nitrogens with one attached hydrogen (secondary N) is 1. The van der Waals surface area contributed by atoms with Gasteiger partial charge in [-0.2, -0.15) is 0 Å². The Balaban J connectivity index is 2.19. The summed E-state index contributed by atoms with van der Waals surface area (Å²) in [6, 6.07) is 14.4. The van der Waals surface area contributed by atoms with E-state index in [-0.39, 0.29) is 18.4 Å². The molecular formula is C24H32N2O4. The molecule has 0 saturated carbocycles. The van der Waals surface area contributed by atoms with Crippen molar-refractivity contribution >= 4 is 11.8 Å². The van der Waals surface area contributed by atoms with E-state index in [1.807, 2.05) is 64.1 Å². The van der Waals surface area contributed by atoms with Gasteiger partial charge in [-0.25, -0.2) is 0 Å². The Morgan fingerprint density at radius 3 is 2.20 bits per heavy atom. The molecule has 0 aliphatic carbocycles. The minimum atomic E-state index is -0.653. The molecule has 6 heteroatoms. The van der Waals surface area contributed by atoms with E-state index in [0.29, 0.717) is 18.0 Å². The highest BCUT2D eigenvalue weighted by molar-refractivity contribution is 5.88. The van der Waals surface area contributed by atoms with Crippen LogP contribution in [0.4, 0.5) is 0 Å². The van der Waals surface area contributed by atoms with Crippen molar-refractivity contribution in [3.8, 4) is 11.5 Å². The average Bonchev–Trinajstić information content (AvgIpc) is 2.70. The van der Waals surface area contributed by atoms with Gasteiger partial charge in [0.05, 0.1) is 7.11 Å². The Labute approximate surface area is 179 Å². The number of carbonyl (C=O) groups is 2. The first-order chi connectivity index (χ1) is 14.1. The van der Waals surface area contributed by atoms with Gasteiger partial charge in [-0.1, -0.05) is 42.0 Å². The third-order valence-corrected chi connectivity index (χ3v) is 4.56. The summed E-state index contributed by atoms with van der Waals surface area (Å²) in [5, 5.41) is 2.95. The molecule has 0 aliphatic heterocycles. The standard InChI is InChI=1S/C24H32N2O4/c1-17-11-13-19(14-12-17)15-26(18(2)23(28)25-24(3,4)5)22(27)16-30-21-10-8-7-9-20(21)29-6/h7-14,18H,15-16H2,1-6H3,(H,25,28). The number of hydrogen-bond donors (Lipinski definition) is 1. The molecule has 0 fully saturated rings. The second-order valence-corrected chi connectivity index (χ2v) is 8.36. The van der Waals surface area contributed by atoms with Gasteiger partial charge in [0.25, 0.3) is 5.91 Å². The normalized spacial score (nSPS) is 12.1. The minimum absolute atomic E-state index is 0.195. The summed E-state index contributed by atoms with van der Waals surface area (Å²) in [4.78, 5) is 27.4. The first-order valence-corrected chi connectivity index (χ1v) is 10.0. The summed E-state index contributed by atoms with van der Waals surface area (Å²) in [6.07, 6.45) is 0. The predicted octanol–water partition coefficient (Wildman–Crippen LogP) is 3.71. The molecule has 2 rings (SSSR count). The van der Waals surface area contributed by atoms with Crippen LogP contribution in [0.1, 0.15) is 38.8 Å². The van der Waals surface area contributed by atoms with Gasteiger partial charge in [0.1, 0.15) is 6.04 Å². The van der Waals surface area contributed by atoms with Crippen LogP contribution >= 0.6 is 0 Å². The fourth-order valence-electron chi connectivity index (χ4n) is 2.91. The van der Waals surface area contributed by atoms with Crippen molar-refractivity contribution in [1.29, 1.82) is 0 Å². The molecule has 1 unspecified atom stereocenters. The zero-order chi connectivity index (χ0) is 22.3. The van der Waals surface area contributed by atoms with E-state index in [4.69, 9.17) is 9.47 Å². The van der Waals surface area contributed by atoms with Crippen molar-refractivity contribution in [2.24, 2.45) is 0 Å². The van der Waals surface area contributed by atoms with E-state index in [1.165, 1.54) is 0 Å². The van der Waals surface area contributed by atoms with Gasteiger partial charge in [-0.3, -0.25) is 9.59 Å². The van der Waals surface area contributed by atoms with Crippen LogP contribution in [0.15, 0.2) is 48.5 Å². The van der Waals surface area contributed by atoms with Gasteiger partial charge >= 0.3 is 0 Å². The number of carbonyl (C=O) groups excluding carboxylic acids is 2. The highest BCUT2D eigenvalue weighted by Gasteiger charge is 2.28. The van der Waals surface area contributed by atoms with Crippen LogP contribution in [-0.2, 0) is 16.1 Å². The number of aryl methyl sites for hydroxylation is 1. The van der Waals surface area contributed by atoms with Gasteiger partial charge in [0.2, 0.25) is 5.91 Å². The Morgan fingerprint density at radius 2 is 1.63 bits per heavy atom. The largest absolute Gasteiger partial charge is 0.493 e. The zero-order valence-corrected chi connectivity index (χ0v) is 18.7. The maximum atomic E-state index is 13.1. The molecule has 162 valence electrons. The number of rotatable bonds is 8. The second-order valence-electron chi connectivity index (χ2n) is 8.36. The maximum absolute atomic E-state index is 13.1. The van der Waals surface area contributed by atoms with Gasteiger partial charge in [0.15, 0.2) is 18.1 Å². The SMILES string of the molecule is COc1ccccc1OCC(=O)N(Cc1ccc(C)cc1)C(C)C(=O)NC(C)(C)C. The van der Waals surface area contributed by atoms with E-state index < -0.39 is 11.6 Å². The monoisotopic (exact) mass is 412 g/mol. The zero-order valence-electron chi connectivity index (χ0n) is 18.7. The Kier molecular flexibility index (Phi) is 7.86. The summed E-state index contributed by atoms with van der Waals surface area (Å²) < 4.78 is 11.0. The molecule has 0 spiro atoms. The third-order valence-electron chi connectivity index (χ3n) is 4.56. The third kappa shape index (κ3) is 6.79. The molecule has 0 radical (unpaired) electrons. The van der Waals surface area contributed by atoms with Crippen LogP contribution in [0.25, 0.3) is 0 Å². The second kappa shape index (κ2) is 10.1. The van der Waals surface area contributed by atoms with Crippen molar-refractivity contribution in [2.45, 2.75) is 52.7 Å². The van der Waals surface area contributed by atoms with Gasteiger partial charge < -0.3 is 19.7 Å². The van der Waals surface area contributed by atoms with Crippen LogP contribution in [0.3, 0.4) is 0 Å². The molecule has 0 heterocycles. The Bertz CT molecular complexity index is 856. The van der Waals surface area contributed by atoms with Crippen LogP contribution in [0.2, 0.25) is 0 Å². The fourth-order valence-corrected chi connectivity index (χ4v) is 2.91. The van der Waals surface area contributed by atoms with Crippen LogP contribution in [-0.4, -0.2) is 42.0 Å². The smallest absolute Gasteiger partial charge is 0.261 e. The number of nitrogens with zero attached hydrogens (tertiary/aromatic N) is 1. The minimum Gasteiger partial charge on any atom is -0.493 e. The van der Waals surface area contributed by atoms with Crippen molar-refractivity contribution in [3.63, 3.8) is 0 Å². The molecule has 2 amide bonds. The van der Waals surface area contributed by atoms with Gasteiger partial charge in [-0.05, 0) is 52.3 Å². The van der Waals surface area contributed by atoms with E-state index >= 15 is 0 Å². The highest BCUT2D eigenvalue weighted by Crippen LogP contribution is 2.26. The van der Waals surface area contributed by atoms with Crippen molar-refractivity contribution in [3.05, 3.63) is 59.7 Å². The lowest BCUT2D eigenvalue weighted by atomic mass is 10.1. The van der Waals surface area contributed by atoms with Crippen LogP contribution in [0.5, 0.6) is 11.5 Å². The molecule has 1 atom stereocenters. The van der Waals surface area contributed by atoms with E-state index in [1.54, 1.807) is 31.1 Å². The summed E-state index contributed by atoms with van der Waals surface area (Å²) >= 11 is 0. The Morgan fingerprint density at radius 1 is 1.03 bits per heavy atom. The molecule has 2 aromatic carbocycles. The van der Waals surface area contributed by atoms with Crippen LogP contribution in [0, 0.1) is 6.92 Å². The highest BCUT2D eigenvalue weighted by atomic mass is 16.5. The molecule has 0 saturated heterocycles. The van der Waals surface area contributed by atoms with Crippen molar-refractivity contribution < 1.29 is 19.1 Å². The fraction of sp³-hybridized carbons (Fsp3) is 0.417. The Hall–Kier alpha value is -3.02. The first-order valence-electron chi connectivity index (χ1n) is 10.0. The quantitative estimate of drug-likeness (QED) is 0.718. The summed E-state index contributed by atoms with van der Waals surface area (Å²) in [5.74, 6) is 0.544. The van der Waals surface area contributed by atoms with Crippen molar-refractivity contribution in [1.82, 2.24) is 10.2 Å². The molecule has 2 aromatic rings. The van der Waals surface area contributed by atoms with Crippen LogP contribution < -0.4 is 14.8 Å². The average molecular weight is 413 g/mol. The number of amides is 2. The summed E-state index contributed by atoms with van der Waals surface area (Å²) in [7, 11) is 1.55. The summed E-state index contributed by atoms with van der Waals surface area (Å²) in [6.45, 7) is 9.59. The number of ether oxygens (including phenoxy) is 2. The lowest BCUT2D eigenvalue weighted by molar-refractivity contribution is -0.142. The number of benzene rings is 2. The lowest BCUT2D eigenvalue weighted by Gasteiger charge is -2.31. The predicted molar refractivity (Wildman–Crippen MR) is 118 cm³/mol. The molecule has 0 aromatic heterocycles. The van der Waals surface area contributed by atoms with E-state index in [2.05, 4.69) is 5.32 Å². The summed E-state index contributed by atoms with van der Waals surface area (Å²) in [5.41, 5.74) is 1.69. The van der Waals surface area contributed by atoms with E-state index in [9.17, 15) is 9.59 Å². The van der Waals surface area contributed by atoms with E-state index in [0.717, 1.165) is 11.1 Å². The van der Waals surface area contributed by atoms with Gasteiger partial charge in [0, 0.05) is 12.1 Å². The lowest BCUT2D eigenvalue weighted by Crippen LogP contribution is -2.53. The maximum Gasteiger partial charge on any atom is 0.261 e.